The Hall–Kier alpha value is -2.48. The summed E-state index contributed by atoms with van der Waals surface area (Å²) in [6, 6.07) is 17.7. The molecule has 0 saturated heterocycles. The fourth-order valence-electron chi connectivity index (χ4n) is 2.74. The number of hydrogen-bond acceptors (Lipinski definition) is 4. The first kappa shape index (κ1) is 20.3. The van der Waals surface area contributed by atoms with Gasteiger partial charge in [-0.15, -0.1) is 11.3 Å². The first-order chi connectivity index (χ1) is 13.3. The summed E-state index contributed by atoms with van der Waals surface area (Å²) < 4.78 is 25.5. The van der Waals surface area contributed by atoms with Crippen molar-refractivity contribution in [1.29, 1.82) is 0 Å². The van der Waals surface area contributed by atoms with Gasteiger partial charge in [0.05, 0.1) is 10.9 Å². The van der Waals surface area contributed by atoms with Crippen molar-refractivity contribution in [3.8, 4) is 0 Å². The molecule has 3 rings (SSSR count). The molecule has 0 unspecified atom stereocenters. The fraction of sp³-hybridized carbons (Fsp3) is 0.190. The van der Waals surface area contributed by atoms with Gasteiger partial charge in [-0.2, -0.15) is 0 Å². The quantitative estimate of drug-likeness (QED) is 0.667. The second-order valence-corrected chi connectivity index (χ2v) is 9.78. The second kappa shape index (κ2) is 8.26. The number of carbonyl (C=O) groups is 1. The summed E-state index contributed by atoms with van der Waals surface area (Å²) in [7, 11) is -0.571. The predicted molar refractivity (Wildman–Crippen MR) is 112 cm³/mol. The van der Waals surface area contributed by atoms with Gasteiger partial charge in [0.1, 0.15) is 0 Å². The zero-order valence-corrected chi connectivity index (χ0v) is 17.5. The number of rotatable bonds is 6. The third-order valence-corrected chi connectivity index (χ3v) is 7.18. The number of amides is 1. The molecule has 146 valence electrons. The minimum absolute atomic E-state index is 0.155. The normalized spacial score (nSPS) is 12.7. The Morgan fingerprint density at radius 1 is 1.00 bits per heavy atom. The Balaban J connectivity index is 1.85. The van der Waals surface area contributed by atoms with Crippen LogP contribution in [0.5, 0.6) is 0 Å². The van der Waals surface area contributed by atoms with E-state index in [2.05, 4.69) is 5.32 Å². The Labute approximate surface area is 169 Å². The highest BCUT2D eigenvalue weighted by Crippen LogP contribution is 2.27. The molecule has 1 aromatic heterocycles. The lowest BCUT2D eigenvalue weighted by Crippen LogP contribution is -2.29. The first-order valence-corrected chi connectivity index (χ1v) is 11.0. The lowest BCUT2D eigenvalue weighted by atomic mass is 10.0. The third kappa shape index (κ3) is 4.32. The molecule has 0 spiro atoms. The molecule has 1 heterocycles. The largest absolute Gasteiger partial charge is 0.340 e. The minimum Gasteiger partial charge on any atom is -0.340 e. The zero-order chi connectivity index (χ0) is 20.3. The van der Waals surface area contributed by atoms with Gasteiger partial charge >= 0.3 is 0 Å². The van der Waals surface area contributed by atoms with Crippen LogP contribution < -0.4 is 5.32 Å². The van der Waals surface area contributed by atoms with Crippen LogP contribution in [0.3, 0.4) is 0 Å². The van der Waals surface area contributed by atoms with E-state index in [9.17, 15) is 13.2 Å². The van der Waals surface area contributed by atoms with E-state index >= 15 is 0 Å². The van der Waals surface area contributed by atoms with E-state index in [1.165, 1.54) is 38.4 Å². The smallest absolute Gasteiger partial charge is 0.252 e. The highest BCUT2D eigenvalue weighted by atomic mass is 32.2. The average Bonchev–Trinajstić information content (AvgIpc) is 3.21. The van der Waals surface area contributed by atoms with E-state index in [1.54, 1.807) is 11.3 Å². The summed E-state index contributed by atoms with van der Waals surface area (Å²) in [5, 5.41) is 5.04. The Kier molecular flexibility index (Phi) is 5.98. The molecule has 0 radical (unpaired) electrons. The van der Waals surface area contributed by atoms with Gasteiger partial charge in [-0.25, -0.2) is 12.7 Å². The summed E-state index contributed by atoms with van der Waals surface area (Å²) in [5.74, 6) is -0.257. The van der Waals surface area contributed by atoms with Crippen molar-refractivity contribution in [3.63, 3.8) is 0 Å². The van der Waals surface area contributed by atoms with Crippen LogP contribution in [-0.2, 0) is 10.0 Å². The fourth-order valence-corrected chi connectivity index (χ4v) is 4.44. The summed E-state index contributed by atoms with van der Waals surface area (Å²) in [6.45, 7) is 2.02. The molecule has 1 amide bonds. The van der Waals surface area contributed by atoms with Crippen LogP contribution >= 0.6 is 11.3 Å². The SMILES string of the molecule is Cc1ccc([C@@H](NC(=O)c2ccc(S(=O)(=O)N(C)C)cc2)c2cccs2)cc1. The number of carbonyl (C=O) groups excluding carboxylic acids is 1. The van der Waals surface area contributed by atoms with Gasteiger partial charge < -0.3 is 5.32 Å². The van der Waals surface area contributed by atoms with Crippen molar-refractivity contribution in [1.82, 2.24) is 9.62 Å². The Bertz CT molecular complexity index is 1040. The molecule has 3 aromatic rings. The van der Waals surface area contributed by atoms with Gasteiger partial charge in [-0.05, 0) is 48.2 Å². The number of nitrogens with one attached hydrogen (secondary N) is 1. The Morgan fingerprint density at radius 2 is 1.64 bits per heavy atom. The van der Waals surface area contributed by atoms with Crippen molar-refractivity contribution < 1.29 is 13.2 Å². The molecule has 7 heteroatoms. The van der Waals surface area contributed by atoms with Crippen LogP contribution in [0.15, 0.2) is 70.9 Å². The summed E-state index contributed by atoms with van der Waals surface area (Å²) >= 11 is 1.58. The van der Waals surface area contributed by atoms with Crippen molar-refractivity contribution >= 4 is 27.3 Å². The Morgan fingerprint density at radius 3 is 2.18 bits per heavy atom. The second-order valence-electron chi connectivity index (χ2n) is 6.64. The number of thiophene rings is 1. The van der Waals surface area contributed by atoms with Crippen molar-refractivity contribution in [2.24, 2.45) is 0 Å². The molecule has 0 fully saturated rings. The van der Waals surface area contributed by atoms with Crippen LogP contribution in [0.4, 0.5) is 0 Å². The molecule has 0 aliphatic carbocycles. The van der Waals surface area contributed by atoms with Crippen LogP contribution in [0.25, 0.3) is 0 Å². The number of nitrogens with zero attached hydrogens (tertiary/aromatic N) is 1. The molecule has 2 aromatic carbocycles. The summed E-state index contributed by atoms with van der Waals surface area (Å²) in [5.41, 5.74) is 2.55. The van der Waals surface area contributed by atoms with E-state index in [0.717, 1.165) is 20.3 Å². The lowest BCUT2D eigenvalue weighted by molar-refractivity contribution is 0.0943. The van der Waals surface area contributed by atoms with Gasteiger partial charge in [0.15, 0.2) is 0 Å². The number of sulfonamides is 1. The van der Waals surface area contributed by atoms with Crippen LogP contribution in [0, 0.1) is 6.92 Å². The van der Waals surface area contributed by atoms with E-state index in [1.807, 2.05) is 48.7 Å². The highest BCUT2D eigenvalue weighted by molar-refractivity contribution is 7.89. The van der Waals surface area contributed by atoms with Crippen molar-refractivity contribution in [2.75, 3.05) is 14.1 Å². The molecule has 0 aliphatic heterocycles. The maximum absolute atomic E-state index is 12.8. The molecular weight excluding hydrogens is 392 g/mol. The molecule has 0 saturated carbocycles. The van der Waals surface area contributed by atoms with E-state index in [0.29, 0.717) is 5.56 Å². The van der Waals surface area contributed by atoms with Crippen molar-refractivity contribution in [2.45, 2.75) is 17.9 Å². The molecule has 5 nitrogen and oxygen atoms in total. The van der Waals surface area contributed by atoms with Crippen LogP contribution in [0.1, 0.15) is 32.4 Å². The molecule has 1 N–H and O–H groups in total. The van der Waals surface area contributed by atoms with Crippen LogP contribution in [-0.4, -0.2) is 32.7 Å². The maximum atomic E-state index is 12.8. The molecule has 28 heavy (non-hydrogen) atoms. The van der Waals surface area contributed by atoms with E-state index in [4.69, 9.17) is 0 Å². The molecule has 0 bridgehead atoms. The molecule has 0 aliphatic rings. The third-order valence-electron chi connectivity index (χ3n) is 4.41. The van der Waals surface area contributed by atoms with E-state index in [-0.39, 0.29) is 16.8 Å². The summed E-state index contributed by atoms with van der Waals surface area (Å²) in [4.78, 5) is 14.0. The van der Waals surface area contributed by atoms with Gasteiger partial charge in [-0.1, -0.05) is 35.9 Å². The minimum atomic E-state index is -3.52. The topological polar surface area (TPSA) is 66.5 Å². The summed E-state index contributed by atoms with van der Waals surface area (Å²) in [6.07, 6.45) is 0. The van der Waals surface area contributed by atoms with Crippen molar-refractivity contribution in [3.05, 3.63) is 87.6 Å². The maximum Gasteiger partial charge on any atom is 0.252 e. The average molecular weight is 415 g/mol. The predicted octanol–water partition coefficient (Wildman–Crippen LogP) is 3.83. The standard InChI is InChI=1S/C21H22N2O3S2/c1-15-6-8-16(9-7-15)20(19-5-4-14-27-19)22-21(24)17-10-12-18(13-11-17)28(25,26)23(2)3/h4-14,20H,1-3H3,(H,22,24)/t20-/m1/s1. The zero-order valence-electron chi connectivity index (χ0n) is 15.9. The van der Waals surface area contributed by atoms with Gasteiger partial charge in [0, 0.05) is 24.5 Å². The number of aryl methyl sites for hydroxylation is 1. The van der Waals surface area contributed by atoms with Gasteiger partial charge in [0.25, 0.3) is 5.91 Å². The van der Waals surface area contributed by atoms with Gasteiger partial charge in [0.2, 0.25) is 10.0 Å². The molecule has 1 atom stereocenters. The number of hydrogen-bond donors (Lipinski definition) is 1. The van der Waals surface area contributed by atoms with E-state index < -0.39 is 10.0 Å². The molecular formula is C21H22N2O3S2. The highest BCUT2D eigenvalue weighted by Gasteiger charge is 2.20. The monoisotopic (exact) mass is 414 g/mol. The first-order valence-electron chi connectivity index (χ1n) is 8.72. The lowest BCUT2D eigenvalue weighted by Gasteiger charge is -2.19. The number of benzene rings is 2. The van der Waals surface area contributed by atoms with Gasteiger partial charge in [-0.3, -0.25) is 4.79 Å². The van der Waals surface area contributed by atoms with Crippen LogP contribution in [0.2, 0.25) is 0 Å².